The van der Waals surface area contributed by atoms with Gasteiger partial charge in [-0.25, -0.2) is 14.8 Å². The SMILES string of the molecule is COC(=O)N1CCCC(Nc2ncc3nc(Nc4c(Cl)cccc4Cl)n(C4CCC(C(N)=O)CC4)c3n2)C1. The van der Waals surface area contributed by atoms with Gasteiger partial charge in [-0.05, 0) is 50.7 Å². The number of anilines is 3. The van der Waals surface area contributed by atoms with Crippen LogP contribution >= 0.6 is 23.2 Å². The molecular weight excluding hydrogens is 531 g/mol. The van der Waals surface area contributed by atoms with E-state index in [-0.39, 0.29) is 30.0 Å². The summed E-state index contributed by atoms with van der Waals surface area (Å²) < 4.78 is 6.92. The summed E-state index contributed by atoms with van der Waals surface area (Å²) in [6.07, 6.45) is 5.93. The molecule has 1 saturated heterocycles. The summed E-state index contributed by atoms with van der Waals surface area (Å²) in [5.74, 6) is 0.593. The van der Waals surface area contributed by atoms with E-state index in [9.17, 15) is 9.59 Å². The summed E-state index contributed by atoms with van der Waals surface area (Å²) in [4.78, 5) is 39.6. The molecule has 5 rings (SSSR count). The van der Waals surface area contributed by atoms with Crippen molar-refractivity contribution >= 4 is 64.0 Å². The van der Waals surface area contributed by atoms with Crippen LogP contribution in [0.2, 0.25) is 10.0 Å². The van der Waals surface area contributed by atoms with Gasteiger partial charge in [-0.15, -0.1) is 0 Å². The Balaban J connectivity index is 1.47. The fraction of sp³-hybridized carbons (Fsp3) is 0.480. The van der Waals surface area contributed by atoms with Gasteiger partial charge in [-0.1, -0.05) is 29.3 Å². The van der Waals surface area contributed by atoms with Gasteiger partial charge in [0.15, 0.2) is 5.65 Å². The molecule has 2 aromatic heterocycles. The zero-order valence-corrected chi connectivity index (χ0v) is 22.5. The maximum atomic E-state index is 12.0. The maximum Gasteiger partial charge on any atom is 0.409 e. The summed E-state index contributed by atoms with van der Waals surface area (Å²) in [6, 6.07) is 5.31. The number of para-hydroxylation sites is 1. The van der Waals surface area contributed by atoms with Crippen molar-refractivity contribution in [2.24, 2.45) is 11.7 Å². The predicted octanol–water partition coefficient (Wildman–Crippen LogP) is 4.74. The van der Waals surface area contributed by atoms with Crippen molar-refractivity contribution in [2.75, 3.05) is 30.8 Å². The number of benzene rings is 1. The van der Waals surface area contributed by atoms with E-state index in [4.69, 9.17) is 43.6 Å². The molecule has 202 valence electrons. The fourth-order valence-electron chi connectivity index (χ4n) is 5.31. The van der Waals surface area contributed by atoms with Crippen molar-refractivity contribution in [3.05, 3.63) is 34.4 Å². The van der Waals surface area contributed by atoms with Crippen LogP contribution in [-0.4, -0.2) is 62.7 Å². The van der Waals surface area contributed by atoms with E-state index in [0.717, 1.165) is 25.7 Å². The Morgan fingerprint density at radius 3 is 2.53 bits per heavy atom. The molecule has 1 saturated carbocycles. The number of imidazole rings is 1. The average molecular weight is 561 g/mol. The van der Waals surface area contributed by atoms with Crippen LogP contribution in [0.15, 0.2) is 24.4 Å². The molecule has 4 N–H and O–H groups in total. The first-order valence-electron chi connectivity index (χ1n) is 12.7. The van der Waals surface area contributed by atoms with E-state index < -0.39 is 0 Å². The van der Waals surface area contributed by atoms with Gasteiger partial charge in [-0.2, -0.15) is 4.98 Å². The van der Waals surface area contributed by atoms with Gasteiger partial charge in [-0.3, -0.25) is 9.36 Å². The van der Waals surface area contributed by atoms with E-state index in [1.807, 2.05) is 4.57 Å². The molecular formula is C25H30Cl2N8O3. The van der Waals surface area contributed by atoms with Crippen LogP contribution in [0.4, 0.5) is 22.4 Å². The van der Waals surface area contributed by atoms with Crippen molar-refractivity contribution in [3.63, 3.8) is 0 Å². The highest BCUT2D eigenvalue weighted by Gasteiger charge is 2.30. The second-order valence-electron chi connectivity index (χ2n) is 9.74. The number of halogens is 2. The first-order chi connectivity index (χ1) is 18.3. The number of hydrogen-bond donors (Lipinski definition) is 3. The second kappa shape index (κ2) is 11.2. The molecule has 1 atom stereocenters. The number of nitrogens with one attached hydrogen (secondary N) is 2. The van der Waals surface area contributed by atoms with Crippen molar-refractivity contribution in [1.29, 1.82) is 0 Å². The third kappa shape index (κ3) is 5.44. The van der Waals surface area contributed by atoms with Crippen LogP contribution in [0.3, 0.4) is 0 Å². The lowest BCUT2D eigenvalue weighted by Crippen LogP contribution is -2.45. The van der Waals surface area contributed by atoms with Crippen molar-refractivity contribution in [2.45, 2.75) is 50.6 Å². The Morgan fingerprint density at radius 1 is 1.11 bits per heavy atom. The zero-order valence-electron chi connectivity index (χ0n) is 21.0. The minimum atomic E-state index is -0.341. The standard InChI is InChI=1S/C25H30Cl2N8O3/c1-38-25(37)34-11-3-4-15(13-34)30-23-29-12-19-22(33-23)35(16-9-7-14(8-10-16)21(28)36)24(31-19)32-20-17(26)5-2-6-18(20)27/h2,5-6,12,14-16H,3-4,7-11,13H2,1H3,(H2,28,36)(H,31,32)(H,29,30,33). The summed E-state index contributed by atoms with van der Waals surface area (Å²) in [5, 5.41) is 7.61. The largest absolute Gasteiger partial charge is 0.453 e. The Labute approximate surface area is 230 Å². The predicted molar refractivity (Wildman–Crippen MR) is 146 cm³/mol. The molecule has 0 bridgehead atoms. The average Bonchev–Trinajstić information content (AvgIpc) is 3.27. The van der Waals surface area contributed by atoms with Crippen molar-refractivity contribution in [1.82, 2.24) is 24.4 Å². The number of primary amides is 1. The molecule has 11 nitrogen and oxygen atoms in total. The number of hydrogen-bond acceptors (Lipinski definition) is 8. The number of methoxy groups -OCH3 is 1. The molecule has 3 heterocycles. The molecule has 13 heteroatoms. The van der Waals surface area contributed by atoms with Gasteiger partial charge in [0.1, 0.15) is 5.52 Å². The molecule has 1 unspecified atom stereocenters. The number of nitrogens with zero attached hydrogens (tertiary/aromatic N) is 5. The van der Waals surface area contributed by atoms with Gasteiger partial charge < -0.3 is 26.0 Å². The van der Waals surface area contributed by atoms with E-state index in [1.165, 1.54) is 7.11 Å². The molecule has 1 aromatic carbocycles. The number of rotatable bonds is 6. The topological polar surface area (TPSA) is 140 Å². The van der Waals surface area contributed by atoms with E-state index in [0.29, 0.717) is 64.7 Å². The number of nitrogens with two attached hydrogens (primary N) is 1. The lowest BCUT2D eigenvalue weighted by molar-refractivity contribution is -0.122. The first-order valence-corrected chi connectivity index (χ1v) is 13.4. The highest BCUT2D eigenvalue weighted by Crippen LogP contribution is 2.39. The number of aromatic nitrogens is 4. The Hall–Kier alpha value is -3.31. The molecule has 2 fully saturated rings. The summed E-state index contributed by atoms with van der Waals surface area (Å²) >= 11 is 12.9. The van der Waals surface area contributed by atoms with Gasteiger partial charge >= 0.3 is 6.09 Å². The van der Waals surface area contributed by atoms with Gasteiger partial charge in [0.25, 0.3) is 0 Å². The van der Waals surface area contributed by atoms with Crippen molar-refractivity contribution in [3.8, 4) is 0 Å². The molecule has 0 radical (unpaired) electrons. The number of ether oxygens (including phenoxy) is 1. The maximum absolute atomic E-state index is 12.0. The monoisotopic (exact) mass is 560 g/mol. The van der Waals surface area contributed by atoms with Crippen molar-refractivity contribution < 1.29 is 14.3 Å². The van der Waals surface area contributed by atoms with Gasteiger partial charge in [0.05, 0.1) is 29.0 Å². The quantitative estimate of drug-likeness (QED) is 0.392. The Morgan fingerprint density at radius 2 is 1.84 bits per heavy atom. The first kappa shape index (κ1) is 26.3. The third-order valence-electron chi connectivity index (χ3n) is 7.28. The summed E-state index contributed by atoms with van der Waals surface area (Å²) in [5.41, 5.74) is 7.38. The number of carbonyl (C=O) groups excluding carboxylic acids is 2. The van der Waals surface area contributed by atoms with Crippen LogP contribution in [0.5, 0.6) is 0 Å². The molecule has 3 aromatic rings. The van der Waals surface area contributed by atoms with Crippen LogP contribution in [0.1, 0.15) is 44.6 Å². The van der Waals surface area contributed by atoms with Gasteiger partial charge in [0, 0.05) is 31.1 Å². The number of carbonyl (C=O) groups is 2. The highest BCUT2D eigenvalue weighted by molar-refractivity contribution is 6.39. The van der Waals surface area contributed by atoms with Crippen LogP contribution in [0.25, 0.3) is 11.2 Å². The van der Waals surface area contributed by atoms with Crippen LogP contribution < -0.4 is 16.4 Å². The normalized spacial score (nSPS) is 21.8. The summed E-state index contributed by atoms with van der Waals surface area (Å²) in [6.45, 7) is 1.16. The number of likely N-dealkylation sites (tertiary alicyclic amines) is 1. The number of piperidine rings is 1. The minimum Gasteiger partial charge on any atom is -0.453 e. The number of amides is 2. The fourth-order valence-corrected chi connectivity index (χ4v) is 5.81. The molecule has 1 aliphatic heterocycles. The minimum absolute atomic E-state index is 0.0118. The Bertz CT molecular complexity index is 1320. The highest BCUT2D eigenvalue weighted by atomic mass is 35.5. The molecule has 38 heavy (non-hydrogen) atoms. The zero-order chi connectivity index (χ0) is 26.8. The van der Waals surface area contributed by atoms with Gasteiger partial charge in [0.2, 0.25) is 17.8 Å². The van der Waals surface area contributed by atoms with E-state index in [1.54, 1.807) is 29.3 Å². The molecule has 0 spiro atoms. The lowest BCUT2D eigenvalue weighted by atomic mass is 9.85. The molecule has 2 aliphatic rings. The smallest absolute Gasteiger partial charge is 0.409 e. The van der Waals surface area contributed by atoms with E-state index >= 15 is 0 Å². The summed E-state index contributed by atoms with van der Waals surface area (Å²) in [7, 11) is 1.38. The molecule has 2 amide bonds. The molecule has 1 aliphatic carbocycles. The van der Waals surface area contributed by atoms with Crippen LogP contribution in [0, 0.1) is 5.92 Å². The second-order valence-corrected chi connectivity index (χ2v) is 10.6. The van der Waals surface area contributed by atoms with Crippen LogP contribution in [-0.2, 0) is 9.53 Å². The Kier molecular flexibility index (Phi) is 7.75. The lowest BCUT2D eigenvalue weighted by Gasteiger charge is -2.32. The number of fused-ring (bicyclic) bond motifs is 1. The van der Waals surface area contributed by atoms with E-state index in [2.05, 4.69) is 15.6 Å². The third-order valence-corrected chi connectivity index (χ3v) is 7.91.